The van der Waals surface area contributed by atoms with Crippen LogP contribution in [0.2, 0.25) is 0 Å². The number of sulfonamides is 1. The molecule has 1 heterocycles. The molecule has 0 bridgehead atoms. The largest absolute Gasteiger partial charge is 0.452 e. The number of carbonyl (C=O) groups is 2. The molecule has 2 aromatic carbocycles. The summed E-state index contributed by atoms with van der Waals surface area (Å²) in [5.74, 6) is -1.15. The third-order valence-electron chi connectivity index (χ3n) is 5.13. The summed E-state index contributed by atoms with van der Waals surface area (Å²) in [4.78, 5) is 24.2. The molecular weight excluding hydrogens is 404 g/mol. The lowest BCUT2D eigenvalue weighted by atomic mass is 10.1. The second-order valence-corrected chi connectivity index (χ2v) is 9.28. The molecule has 0 aromatic heterocycles. The van der Waals surface area contributed by atoms with E-state index in [0.29, 0.717) is 12.1 Å². The van der Waals surface area contributed by atoms with E-state index in [9.17, 15) is 18.0 Å². The van der Waals surface area contributed by atoms with E-state index in [1.165, 1.54) is 28.6 Å². The van der Waals surface area contributed by atoms with Gasteiger partial charge in [-0.05, 0) is 56.5 Å². The number of anilines is 1. The second-order valence-electron chi connectivity index (χ2n) is 7.46. The van der Waals surface area contributed by atoms with Crippen LogP contribution in [0.15, 0.2) is 53.4 Å². The summed E-state index contributed by atoms with van der Waals surface area (Å²) in [5.41, 5.74) is 1.70. The Hall–Kier alpha value is -2.87. The van der Waals surface area contributed by atoms with E-state index >= 15 is 0 Å². The molecule has 2 atom stereocenters. The molecule has 0 saturated carbocycles. The van der Waals surface area contributed by atoms with Gasteiger partial charge >= 0.3 is 5.97 Å². The fourth-order valence-corrected chi connectivity index (χ4v) is 5.17. The zero-order chi connectivity index (χ0) is 21.9. The third kappa shape index (κ3) is 4.48. The van der Waals surface area contributed by atoms with Crippen LogP contribution in [0.3, 0.4) is 0 Å². The van der Waals surface area contributed by atoms with E-state index in [-0.39, 0.29) is 22.5 Å². The number of nitrogens with zero attached hydrogens (tertiary/aromatic N) is 1. The van der Waals surface area contributed by atoms with Crippen molar-refractivity contribution in [2.24, 2.45) is 0 Å². The minimum absolute atomic E-state index is 0.00422. The molecule has 160 valence electrons. The zero-order valence-electron chi connectivity index (χ0n) is 17.3. The Balaban J connectivity index is 1.78. The topological polar surface area (TPSA) is 92.8 Å². The molecule has 1 aliphatic rings. The second kappa shape index (κ2) is 8.87. The van der Waals surface area contributed by atoms with Gasteiger partial charge in [0.25, 0.3) is 15.9 Å². The van der Waals surface area contributed by atoms with Gasteiger partial charge in [-0.3, -0.25) is 9.10 Å². The zero-order valence-corrected chi connectivity index (χ0v) is 18.1. The normalized spacial score (nSPS) is 16.6. The lowest BCUT2D eigenvalue weighted by Gasteiger charge is -2.24. The number of fused-ring (bicyclic) bond motifs is 1. The van der Waals surface area contributed by atoms with Crippen LogP contribution >= 0.6 is 0 Å². The first-order valence-electron chi connectivity index (χ1n) is 9.93. The minimum atomic E-state index is -3.86. The van der Waals surface area contributed by atoms with Crippen molar-refractivity contribution in [3.63, 3.8) is 0 Å². The standard InChI is InChI=1S/C22H26N2O5S/c1-4-15(2)23-21(25)14-29-22(26)18-9-7-10-19(13-18)30(27,28)24-16(3)12-17-8-5-6-11-20(17)24/h5-11,13,15-16H,4,12,14H2,1-3H3,(H,23,25)/t15-,16-/m0/s1. The van der Waals surface area contributed by atoms with Crippen LogP contribution in [0.25, 0.3) is 0 Å². The molecule has 1 aliphatic heterocycles. The first kappa shape index (κ1) is 21.8. The lowest BCUT2D eigenvalue weighted by Crippen LogP contribution is -2.36. The van der Waals surface area contributed by atoms with Crippen LogP contribution in [0, 0.1) is 0 Å². The maximum atomic E-state index is 13.3. The van der Waals surface area contributed by atoms with Gasteiger partial charge in [-0.15, -0.1) is 0 Å². The molecule has 0 fully saturated rings. The average molecular weight is 431 g/mol. The highest BCUT2D eigenvalue weighted by Crippen LogP contribution is 2.36. The smallest absolute Gasteiger partial charge is 0.338 e. The molecule has 30 heavy (non-hydrogen) atoms. The van der Waals surface area contributed by atoms with Gasteiger partial charge in [-0.1, -0.05) is 31.2 Å². The summed E-state index contributed by atoms with van der Waals surface area (Å²) >= 11 is 0. The highest BCUT2D eigenvalue weighted by atomic mass is 32.2. The summed E-state index contributed by atoms with van der Waals surface area (Å²) in [6.45, 7) is 5.22. The third-order valence-corrected chi connectivity index (χ3v) is 7.05. The van der Waals surface area contributed by atoms with E-state index in [4.69, 9.17) is 4.74 Å². The summed E-state index contributed by atoms with van der Waals surface area (Å²) in [7, 11) is -3.86. The van der Waals surface area contributed by atoms with E-state index in [1.54, 1.807) is 12.1 Å². The van der Waals surface area contributed by atoms with Gasteiger partial charge in [0, 0.05) is 12.1 Å². The van der Waals surface area contributed by atoms with Crippen molar-refractivity contribution in [1.29, 1.82) is 0 Å². The van der Waals surface area contributed by atoms with Crippen molar-refractivity contribution in [2.75, 3.05) is 10.9 Å². The Bertz CT molecular complexity index is 1050. The number of esters is 1. The van der Waals surface area contributed by atoms with Crippen molar-refractivity contribution in [1.82, 2.24) is 5.32 Å². The molecule has 7 nitrogen and oxygen atoms in total. The molecule has 2 aromatic rings. The van der Waals surface area contributed by atoms with E-state index in [2.05, 4.69) is 5.32 Å². The number of benzene rings is 2. The Morgan fingerprint density at radius 1 is 1.20 bits per heavy atom. The van der Waals surface area contributed by atoms with Gasteiger partial charge in [-0.25, -0.2) is 13.2 Å². The Labute approximate surface area is 177 Å². The molecule has 0 saturated heterocycles. The monoisotopic (exact) mass is 430 g/mol. The van der Waals surface area contributed by atoms with Crippen LogP contribution in [0.1, 0.15) is 43.1 Å². The molecular formula is C22H26N2O5S. The van der Waals surface area contributed by atoms with Crippen molar-refractivity contribution in [3.8, 4) is 0 Å². The van der Waals surface area contributed by atoms with Crippen molar-refractivity contribution in [2.45, 2.75) is 50.6 Å². The number of nitrogens with one attached hydrogen (secondary N) is 1. The van der Waals surface area contributed by atoms with Gasteiger partial charge in [0.15, 0.2) is 6.61 Å². The highest BCUT2D eigenvalue weighted by molar-refractivity contribution is 7.92. The van der Waals surface area contributed by atoms with Gasteiger partial charge in [0.05, 0.1) is 16.1 Å². The van der Waals surface area contributed by atoms with Crippen molar-refractivity contribution >= 4 is 27.6 Å². The van der Waals surface area contributed by atoms with E-state index in [1.807, 2.05) is 32.9 Å². The fraction of sp³-hybridized carbons (Fsp3) is 0.364. The number of hydrogen-bond donors (Lipinski definition) is 1. The molecule has 1 amide bonds. The number of ether oxygens (including phenoxy) is 1. The predicted molar refractivity (Wildman–Crippen MR) is 114 cm³/mol. The summed E-state index contributed by atoms with van der Waals surface area (Å²) in [5, 5.41) is 2.70. The first-order valence-corrected chi connectivity index (χ1v) is 11.4. The Morgan fingerprint density at radius 3 is 2.67 bits per heavy atom. The predicted octanol–water partition coefficient (Wildman–Crippen LogP) is 2.90. The van der Waals surface area contributed by atoms with E-state index in [0.717, 1.165) is 12.0 Å². The average Bonchev–Trinajstić information content (AvgIpc) is 3.08. The molecule has 0 aliphatic carbocycles. The van der Waals surface area contributed by atoms with Crippen molar-refractivity contribution < 1.29 is 22.7 Å². The Morgan fingerprint density at radius 2 is 1.93 bits per heavy atom. The molecule has 0 unspecified atom stereocenters. The number of hydrogen-bond acceptors (Lipinski definition) is 5. The lowest BCUT2D eigenvalue weighted by molar-refractivity contribution is -0.124. The number of carbonyl (C=O) groups excluding carboxylic acids is 2. The van der Waals surface area contributed by atoms with E-state index < -0.39 is 28.5 Å². The quantitative estimate of drug-likeness (QED) is 0.682. The van der Waals surface area contributed by atoms with Crippen LogP contribution in [-0.4, -0.2) is 39.0 Å². The van der Waals surface area contributed by atoms with Crippen LogP contribution < -0.4 is 9.62 Å². The summed E-state index contributed by atoms with van der Waals surface area (Å²) < 4.78 is 33.1. The maximum Gasteiger partial charge on any atom is 0.338 e. The fourth-order valence-electron chi connectivity index (χ4n) is 3.43. The van der Waals surface area contributed by atoms with Crippen LogP contribution in [-0.2, 0) is 26.0 Å². The van der Waals surface area contributed by atoms with Gasteiger partial charge in [0.2, 0.25) is 0 Å². The van der Waals surface area contributed by atoms with Crippen LogP contribution in [0.4, 0.5) is 5.69 Å². The minimum Gasteiger partial charge on any atom is -0.452 e. The summed E-state index contributed by atoms with van der Waals surface area (Å²) in [6.07, 6.45) is 1.39. The number of rotatable bonds is 7. The molecule has 0 spiro atoms. The van der Waals surface area contributed by atoms with Gasteiger partial charge in [-0.2, -0.15) is 0 Å². The molecule has 3 rings (SSSR count). The molecule has 8 heteroatoms. The van der Waals surface area contributed by atoms with Gasteiger partial charge in [0.1, 0.15) is 0 Å². The SMILES string of the molecule is CC[C@H](C)NC(=O)COC(=O)c1cccc(S(=O)(=O)N2c3ccccc3C[C@@H]2C)c1. The maximum absolute atomic E-state index is 13.3. The van der Waals surface area contributed by atoms with Crippen LogP contribution in [0.5, 0.6) is 0 Å². The Kier molecular flexibility index (Phi) is 6.45. The number of amides is 1. The highest BCUT2D eigenvalue weighted by Gasteiger charge is 2.36. The molecule has 0 radical (unpaired) electrons. The van der Waals surface area contributed by atoms with Crippen molar-refractivity contribution in [3.05, 3.63) is 59.7 Å². The molecule has 1 N–H and O–H groups in total. The first-order chi connectivity index (χ1) is 14.2. The summed E-state index contributed by atoms with van der Waals surface area (Å²) in [6, 6.07) is 12.8. The van der Waals surface area contributed by atoms with Gasteiger partial charge < -0.3 is 10.1 Å². The number of para-hydroxylation sites is 1.